The zero-order chi connectivity index (χ0) is 10.0. The number of unbranched alkanes of at least 4 members (excludes halogenated alkanes) is 1. The van der Waals surface area contributed by atoms with Crippen LogP contribution in [0.5, 0.6) is 0 Å². The Morgan fingerprint density at radius 3 is 2.79 bits per heavy atom. The molecule has 1 heterocycles. The summed E-state index contributed by atoms with van der Waals surface area (Å²) in [5.41, 5.74) is -0.0424. The van der Waals surface area contributed by atoms with Crippen molar-refractivity contribution in [1.82, 2.24) is 4.90 Å². The van der Waals surface area contributed by atoms with E-state index in [0.29, 0.717) is 0 Å². The molecule has 0 radical (unpaired) electrons. The summed E-state index contributed by atoms with van der Waals surface area (Å²) in [7, 11) is 0. The molecule has 14 heavy (non-hydrogen) atoms. The molecule has 0 N–H and O–H groups in total. The van der Waals surface area contributed by atoms with E-state index >= 15 is 0 Å². The lowest BCUT2D eigenvalue weighted by atomic mass is 10.1. The van der Waals surface area contributed by atoms with Crippen LogP contribution in [-0.4, -0.2) is 23.0 Å². The first-order chi connectivity index (χ1) is 6.78. The SMILES string of the molecule is CCCCN1C(C)=NOC12CCCC2. The fourth-order valence-electron chi connectivity index (χ4n) is 2.51. The van der Waals surface area contributed by atoms with Gasteiger partial charge in [0, 0.05) is 19.4 Å². The van der Waals surface area contributed by atoms with Crippen LogP contribution in [0.15, 0.2) is 5.16 Å². The van der Waals surface area contributed by atoms with Crippen molar-refractivity contribution in [3.8, 4) is 0 Å². The molecule has 80 valence electrons. The maximum atomic E-state index is 5.64. The van der Waals surface area contributed by atoms with Crippen LogP contribution in [0, 0.1) is 0 Å². The first-order valence-corrected chi connectivity index (χ1v) is 5.79. The van der Waals surface area contributed by atoms with E-state index < -0.39 is 0 Å². The largest absolute Gasteiger partial charge is 0.365 e. The molecule has 0 aromatic rings. The average Bonchev–Trinajstić information content (AvgIpc) is 2.75. The minimum absolute atomic E-state index is 0.0424. The Bertz CT molecular complexity index is 231. The molecule has 1 saturated carbocycles. The summed E-state index contributed by atoms with van der Waals surface area (Å²) in [4.78, 5) is 8.02. The third kappa shape index (κ3) is 1.49. The summed E-state index contributed by atoms with van der Waals surface area (Å²) < 4.78 is 0. The van der Waals surface area contributed by atoms with E-state index in [1.165, 1.54) is 25.7 Å². The van der Waals surface area contributed by atoms with Gasteiger partial charge in [-0.15, -0.1) is 0 Å². The maximum absolute atomic E-state index is 5.64. The van der Waals surface area contributed by atoms with E-state index in [9.17, 15) is 0 Å². The molecule has 0 unspecified atom stereocenters. The number of rotatable bonds is 3. The number of hydrogen-bond acceptors (Lipinski definition) is 3. The van der Waals surface area contributed by atoms with Crippen LogP contribution in [0.2, 0.25) is 0 Å². The van der Waals surface area contributed by atoms with Crippen molar-refractivity contribution in [2.75, 3.05) is 6.54 Å². The first kappa shape index (κ1) is 9.81. The Morgan fingerprint density at radius 1 is 1.43 bits per heavy atom. The van der Waals surface area contributed by atoms with Crippen LogP contribution in [-0.2, 0) is 4.84 Å². The molecule has 0 aromatic carbocycles. The molecule has 1 spiro atoms. The summed E-state index contributed by atoms with van der Waals surface area (Å²) in [6.07, 6.45) is 7.34. The summed E-state index contributed by atoms with van der Waals surface area (Å²) in [6, 6.07) is 0. The lowest BCUT2D eigenvalue weighted by Gasteiger charge is -2.33. The number of oxime groups is 1. The molecule has 0 amide bonds. The highest BCUT2D eigenvalue weighted by molar-refractivity contribution is 5.81. The van der Waals surface area contributed by atoms with Crippen molar-refractivity contribution >= 4 is 5.84 Å². The fraction of sp³-hybridized carbons (Fsp3) is 0.909. The molecular weight excluding hydrogens is 176 g/mol. The molecule has 1 fully saturated rings. The van der Waals surface area contributed by atoms with Crippen LogP contribution < -0.4 is 0 Å². The Labute approximate surface area is 86.1 Å². The number of amidine groups is 1. The zero-order valence-corrected chi connectivity index (χ0v) is 9.25. The summed E-state index contributed by atoms with van der Waals surface area (Å²) >= 11 is 0. The predicted octanol–water partition coefficient (Wildman–Crippen LogP) is 2.72. The molecule has 0 aromatic heterocycles. The molecule has 0 saturated heterocycles. The van der Waals surface area contributed by atoms with Gasteiger partial charge in [-0.25, -0.2) is 0 Å². The van der Waals surface area contributed by atoms with Crippen molar-refractivity contribution in [2.24, 2.45) is 5.16 Å². The van der Waals surface area contributed by atoms with Gasteiger partial charge in [0.2, 0.25) is 5.72 Å². The van der Waals surface area contributed by atoms with Crippen molar-refractivity contribution < 1.29 is 4.84 Å². The van der Waals surface area contributed by atoms with Crippen LogP contribution >= 0.6 is 0 Å². The van der Waals surface area contributed by atoms with Gasteiger partial charge in [-0.05, 0) is 26.2 Å². The zero-order valence-electron chi connectivity index (χ0n) is 9.25. The van der Waals surface area contributed by atoms with E-state index in [4.69, 9.17) is 4.84 Å². The molecule has 1 aliphatic heterocycles. The van der Waals surface area contributed by atoms with Crippen molar-refractivity contribution in [3.05, 3.63) is 0 Å². The minimum atomic E-state index is -0.0424. The first-order valence-electron chi connectivity index (χ1n) is 5.79. The highest BCUT2D eigenvalue weighted by atomic mass is 16.7. The molecule has 3 nitrogen and oxygen atoms in total. The summed E-state index contributed by atoms with van der Waals surface area (Å²) in [5.74, 6) is 1.07. The lowest BCUT2D eigenvalue weighted by molar-refractivity contribution is -0.0930. The minimum Gasteiger partial charge on any atom is -0.365 e. The van der Waals surface area contributed by atoms with Gasteiger partial charge in [0.05, 0.1) is 0 Å². The van der Waals surface area contributed by atoms with E-state index in [1.54, 1.807) is 0 Å². The van der Waals surface area contributed by atoms with Gasteiger partial charge in [0.25, 0.3) is 0 Å². The maximum Gasteiger partial charge on any atom is 0.211 e. The van der Waals surface area contributed by atoms with Gasteiger partial charge < -0.3 is 9.74 Å². The van der Waals surface area contributed by atoms with Gasteiger partial charge >= 0.3 is 0 Å². The monoisotopic (exact) mass is 196 g/mol. The Hall–Kier alpha value is -0.730. The highest BCUT2D eigenvalue weighted by Crippen LogP contribution is 2.40. The molecule has 1 aliphatic carbocycles. The Morgan fingerprint density at radius 2 is 2.14 bits per heavy atom. The molecule has 3 heteroatoms. The molecule has 2 rings (SSSR count). The third-order valence-corrected chi connectivity index (χ3v) is 3.35. The molecule has 0 atom stereocenters. The Kier molecular flexibility index (Phi) is 2.66. The quantitative estimate of drug-likeness (QED) is 0.693. The summed E-state index contributed by atoms with van der Waals surface area (Å²) in [6.45, 7) is 5.39. The van der Waals surface area contributed by atoms with Crippen LogP contribution in [0.4, 0.5) is 0 Å². The van der Waals surface area contributed by atoms with Gasteiger partial charge in [0.1, 0.15) is 5.84 Å². The van der Waals surface area contributed by atoms with Gasteiger partial charge in [-0.1, -0.05) is 18.5 Å². The Balaban J connectivity index is 2.04. The predicted molar refractivity (Wildman–Crippen MR) is 57.0 cm³/mol. The number of hydrogen-bond donors (Lipinski definition) is 0. The second-order valence-corrected chi connectivity index (χ2v) is 4.39. The van der Waals surface area contributed by atoms with E-state index in [1.807, 2.05) is 0 Å². The summed E-state index contributed by atoms with van der Waals surface area (Å²) in [5, 5.41) is 4.15. The standard InChI is InChI=1S/C11H20N2O/c1-3-4-9-13-10(2)12-14-11(13)7-5-6-8-11/h3-9H2,1-2H3. The van der Waals surface area contributed by atoms with Crippen molar-refractivity contribution in [3.63, 3.8) is 0 Å². The molecule has 2 aliphatic rings. The normalized spacial score (nSPS) is 24.1. The van der Waals surface area contributed by atoms with Crippen molar-refractivity contribution in [1.29, 1.82) is 0 Å². The number of nitrogens with zero attached hydrogens (tertiary/aromatic N) is 2. The van der Waals surface area contributed by atoms with E-state index in [-0.39, 0.29) is 5.72 Å². The van der Waals surface area contributed by atoms with Crippen LogP contribution in [0.3, 0.4) is 0 Å². The average molecular weight is 196 g/mol. The van der Waals surface area contributed by atoms with Gasteiger partial charge in [0.15, 0.2) is 0 Å². The second kappa shape index (κ2) is 3.79. The van der Waals surface area contributed by atoms with Gasteiger partial charge in [-0.2, -0.15) is 0 Å². The van der Waals surface area contributed by atoms with Crippen LogP contribution in [0.25, 0.3) is 0 Å². The highest BCUT2D eigenvalue weighted by Gasteiger charge is 2.46. The van der Waals surface area contributed by atoms with E-state index in [0.717, 1.165) is 25.2 Å². The topological polar surface area (TPSA) is 24.8 Å². The second-order valence-electron chi connectivity index (χ2n) is 4.39. The van der Waals surface area contributed by atoms with Gasteiger partial charge in [-0.3, -0.25) is 0 Å². The van der Waals surface area contributed by atoms with Crippen molar-refractivity contribution in [2.45, 2.75) is 58.1 Å². The fourth-order valence-corrected chi connectivity index (χ4v) is 2.51. The van der Waals surface area contributed by atoms with Crippen LogP contribution in [0.1, 0.15) is 52.4 Å². The lowest BCUT2D eigenvalue weighted by Crippen LogP contribution is -2.46. The molecular formula is C11H20N2O. The van der Waals surface area contributed by atoms with E-state index in [2.05, 4.69) is 23.9 Å². The third-order valence-electron chi connectivity index (χ3n) is 3.35. The smallest absolute Gasteiger partial charge is 0.211 e. The molecule has 0 bridgehead atoms.